The number of rotatable bonds is 11. The highest BCUT2D eigenvalue weighted by molar-refractivity contribution is 7.92. The van der Waals surface area contributed by atoms with Gasteiger partial charge in [0.1, 0.15) is 18.3 Å². The maximum absolute atomic E-state index is 13.6. The molecule has 0 aromatic heterocycles. The van der Waals surface area contributed by atoms with Crippen molar-refractivity contribution in [3.8, 4) is 5.75 Å². The van der Waals surface area contributed by atoms with Gasteiger partial charge in [0.05, 0.1) is 19.1 Å². The number of benzene rings is 2. The van der Waals surface area contributed by atoms with Gasteiger partial charge in [-0.2, -0.15) is 0 Å². The van der Waals surface area contributed by atoms with Crippen molar-refractivity contribution >= 4 is 27.5 Å². The Labute approximate surface area is 209 Å². The first-order valence-electron chi connectivity index (χ1n) is 11.6. The first-order valence-corrected chi connectivity index (χ1v) is 13.4. The zero-order chi connectivity index (χ0) is 26.3. The Hall–Kier alpha value is -3.07. The third kappa shape index (κ3) is 7.99. The van der Waals surface area contributed by atoms with Gasteiger partial charge in [-0.25, -0.2) is 8.42 Å². The lowest BCUT2D eigenvalue weighted by atomic mass is 10.1. The molecule has 1 atom stereocenters. The second kappa shape index (κ2) is 12.1. The van der Waals surface area contributed by atoms with Gasteiger partial charge in [0.15, 0.2) is 0 Å². The summed E-state index contributed by atoms with van der Waals surface area (Å²) in [5.41, 5.74) is 3.13. The summed E-state index contributed by atoms with van der Waals surface area (Å²) in [6.07, 6.45) is 1.07. The lowest BCUT2D eigenvalue weighted by Gasteiger charge is -2.31. The zero-order valence-electron chi connectivity index (χ0n) is 21.7. The van der Waals surface area contributed by atoms with E-state index in [0.29, 0.717) is 18.0 Å². The summed E-state index contributed by atoms with van der Waals surface area (Å²) in [4.78, 5) is 27.8. The first-order chi connectivity index (χ1) is 16.3. The minimum absolute atomic E-state index is 0.142. The van der Waals surface area contributed by atoms with E-state index in [2.05, 4.69) is 5.32 Å². The largest absolute Gasteiger partial charge is 0.497 e. The Morgan fingerprint density at radius 1 is 1.00 bits per heavy atom. The number of carbonyl (C=O) groups is 2. The molecule has 2 aromatic carbocycles. The molecule has 0 bridgehead atoms. The number of carbonyl (C=O) groups excluding carboxylic acids is 2. The average Bonchev–Trinajstić information content (AvgIpc) is 2.80. The van der Waals surface area contributed by atoms with E-state index in [1.165, 1.54) is 4.90 Å². The van der Waals surface area contributed by atoms with E-state index < -0.39 is 28.5 Å². The van der Waals surface area contributed by atoms with Crippen LogP contribution >= 0.6 is 0 Å². The summed E-state index contributed by atoms with van der Waals surface area (Å²) in [6, 6.07) is 11.6. The lowest BCUT2D eigenvalue weighted by molar-refractivity contribution is -0.139. The lowest BCUT2D eigenvalue weighted by Crippen LogP contribution is -2.51. The van der Waals surface area contributed by atoms with E-state index in [4.69, 9.17) is 4.74 Å². The standard InChI is InChI=1S/C26H37N3O5S/c1-18(2)15-27-26(31)21(5)28(16-22-9-12-24(34-6)13-10-22)25(30)17-29(35(7,32)33)23-11-8-19(3)20(4)14-23/h8-14,18,21H,15-17H2,1-7H3,(H,27,31). The van der Waals surface area contributed by atoms with Gasteiger partial charge in [-0.3, -0.25) is 13.9 Å². The van der Waals surface area contributed by atoms with Crippen LogP contribution in [-0.2, 0) is 26.2 Å². The summed E-state index contributed by atoms with van der Waals surface area (Å²) in [5.74, 6) is 0.157. The highest BCUT2D eigenvalue weighted by Crippen LogP contribution is 2.22. The van der Waals surface area contributed by atoms with Crippen molar-refractivity contribution in [3.63, 3.8) is 0 Å². The van der Waals surface area contributed by atoms with E-state index in [9.17, 15) is 18.0 Å². The molecule has 9 heteroatoms. The van der Waals surface area contributed by atoms with Crippen LogP contribution in [0.4, 0.5) is 5.69 Å². The van der Waals surface area contributed by atoms with Gasteiger partial charge in [0.25, 0.3) is 0 Å². The molecule has 0 saturated heterocycles. The van der Waals surface area contributed by atoms with Gasteiger partial charge in [-0.15, -0.1) is 0 Å². The van der Waals surface area contributed by atoms with Crippen molar-refractivity contribution in [3.05, 3.63) is 59.2 Å². The van der Waals surface area contributed by atoms with Crippen molar-refractivity contribution in [2.24, 2.45) is 5.92 Å². The second-order valence-corrected chi connectivity index (χ2v) is 11.1. The Morgan fingerprint density at radius 2 is 1.63 bits per heavy atom. The Kier molecular flexibility index (Phi) is 9.71. The molecular formula is C26H37N3O5S. The molecule has 2 amide bonds. The third-order valence-electron chi connectivity index (χ3n) is 5.82. The van der Waals surface area contributed by atoms with E-state index in [0.717, 1.165) is 27.3 Å². The van der Waals surface area contributed by atoms with Crippen LogP contribution < -0.4 is 14.4 Å². The predicted molar refractivity (Wildman–Crippen MR) is 139 cm³/mol. The summed E-state index contributed by atoms with van der Waals surface area (Å²) in [5, 5.41) is 2.87. The molecule has 35 heavy (non-hydrogen) atoms. The van der Waals surface area contributed by atoms with E-state index >= 15 is 0 Å². The van der Waals surface area contributed by atoms with Crippen LogP contribution in [0, 0.1) is 19.8 Å². The number of ether oxygens (including phenoxy) is 1. The smallest absolute Gasteiger partial charge is 0.244 e. The minimum Gasteiger partial charge on any atom is -0.497 e. The van der Waals surface area contributed by atoms with Crippen molar-refractivity contribution in [1.82, 2.24) is 10.2 Å². The molecule has 0 aliphatic rings. The van der Waals surface area contributed by atoms with Gasteiger partial charge in [0, 0.05) is 13.1 Å². The van der Waals surface area contributed by atoms with Crippen molar-refractivity contribution in [2.75, 3.05) is 30.8 Å². The summed E-state index contributed by atoms with van der Waals surface area (Å²) in [6.45, 7) is 9.64. The van der Waals surface area contributed by atoms with Crippen LogP contribution in [0.15, 0.2) is 42.5 Å². The molecule has 2 rings (SSSR count). The maximum atomic E-state index is 13.6. The number of amides is 2. The number of sulfonamides is 1. The van der Waals surface area contributed by atoms with E-state index in [-0.39, 0.29) is 18.4 Å². The molecule has 1 N–H and O–H groups in total. The molecule has 0 aliphatic heterocycles. The molecule has 0 aliphatic carbocycles. The van der Waals surface area contributed by atoms with Gasteiger partial charge < -0.3 is 15.0 Å². The number of nitrogens with zero attached hydrogens (tertiary/aromatic N) is 2. The van der Waals surface area contributed by atoms with Gasteiger partial charge in [-0.05, 0) is 67.6 Å². The topological polar surface area (TPSA) is 96.0 Å². The van der Waals surface area contributed by atoms with Crippen molar-refractivity contribution in [2.45, 2.75) is 47.2 Å². The Morgan fingerprint density at radius 3 is 2.14 bits per heavy atom. The van der Waals surface area contributed by atoms with Gasteiger partial charge in [0.2, 0.25) is 21.8 Å². The summed E-state index contributed by atoms with van der Waals surface area (Å²) < 4.78 is 31.6. The number of anilines is 1. The second-order valence-electron chi connectivity index (χ2n) is 9.22. The van der Waals surface area contributed by atoms with Crippen molar-refractivity contribution < 1.29 is 22.7 Å². The highest BCUT2D eigenvalue weighted by Gasteiger charge is 2.30. The average molecular weight is 504 g/mol. The summed E-state index contributed by atoms with van der Waals surface area (Å²) >= 11 is 0. The molecule has 2 aromatic rings. The normalized spacial score (nSPS) is 12.2. The molecular weight excluding hydrogens is 466 g/mol. The SMILES string of the molecule is COc1ccc(CN(C(=O)CN(c2ccc(C)c(C)c2)S(C)(=O)=O)C(C)C(=O)NCC(C)C)cc1. The van der Waals surface area contributed by atoms with Crippen LogP contribution in [-0.4, -0.2) is 57.6 Å². The van der Waals surface area contributed by atoms with Crippen LogP contribution in [0.25, 0.3) is 0 Å². The highest BCUT2D eigenvalue weighted by atomic mass is 32.2. The zero-order valence-corrected chi connectivity index (χ0v) is 22.5. The quantitative estimate of drug-likeness (QED) is 0.508. The van der Waals surface area contributed by atoms with E-state index in [1.807, 2.05) is 45.9 Å². The predicted octanol–water partition coefficient (Wildman–Crippen LogP) is 3.27. The number of methoxy groups -OCH3 is 1. The molecule has 0 heterocycles. The first kappa shape index (κ1) is 28.2. The summed E-state index contributed by atoms with van der Waals surface area (Å²) in [7, 11) is -2.19. The van der Waals surface area contributed by atoms with Crippen LogP contribution in [0.3, 0.4) is 0 Å². The number of aryl methyl sites for hydroxylation is 2. The number of nitrogens with one attached hydrogen (secondary N) is 1. The molecule has 0 radical (unpaired) electrons. The molecule has 0 spiro atoms. The fourth-order valence-corrected chi connectivity index (χ4v) is 4.30. The van der Waals surface area contributed by atoms with Crippen LogP contribution in [0.1, 0.15) is 37.5 Å². The molecule has 0 fully saturated rings. The number of hydrogen-bond donors (Lipinski definition) is 1. The fraction of sp³-hybridized carbons (Fsp3) is 0.462. The molecule has 192 valence electrons. The van der Waals surface area contributed by atoms with E-state index in [1.54, 1.807) is 38.3 Å². The van der Waals surface area contributed by atoms with Crippen LogP contribution in [0.2, 0.25) is 0 Å². The number of hydrogen-bond acceptors (Lipinski definition) is 5. The Bertz CT molecular complexity index is 1130. The monoisotopic (exact) mass is 503 g/mol. The minimum atomic E-state index is -3.76. The fourth-order valence-electron chi connectivity index (χ4n) is 3.46. The van der Waals surface area contributed by atoms with Crippen molar-refractivity contribution in [1.29, 1.82) is 0 Å². The Balaban J connectivity index is 2.38. The van der Waals surface area contributed by atoms with Gasteiger partial charge in [-0.1, -0.05) is 32.0 Å². The third-order valence-corrected chi connectivity index (χ3v) is 6.96. The van der Waals surface area contributed by atoms with Gasteiger partial charge >= 0.3 is 0 Å². The molecule has 1 unspecified atom stereocenters. The molecule has 0 saturated carbocycles. The molecule has 8 nitrogen and oxygen atoms in total. The maximum Gasteiger partial charge on any atom is 0.244 e. The van der Waals surface area contributed by atoms with Crippen LogP contribution in [0.5, 0.6) is 5.75 Å².